The highest BCUT2D eigenvalue weighted by atomic mass is 32.1. The SMILES string of the molecule is CC(=O)Nc1ccc(NC(=O)[C@H]2CC(=O)N3C(=S)NC(=O)C(C)(C)N23)cc1. The van der Waals surface area contributed by atoms with Gasteiger partial charge >= 0.3 is 0 Å². The molecule has 3 rings (SSSR count). The van der Waals surface area contributed by atoms with Crippen LogP contribution in [-0.2, 0) is 19.2 Å². The molecule has 4 amide bonds. The van der Waals surface area contributed by atoms with E-state index in [0.29, 0.717) is 11.4 Å². The third kappa shape index (κ3) is 3.40. The van der Waals surface area contributed by atoms with Gasteiger partial charge in [0.1, 0.15) is 11.6 Å². The van der Waals surface area contributed by atoms with Gasteiger partial charge in [-0.1, -0.05) is 0 Å². The van der Waals surface area contributed by atoms with E-state index < -0.39 is 17.5 Å². The molecule has 2 fully saturated rings. The second kappa shape index (κ2) is 6.71. The number of carbonyl (C=O) groups is 4. The van der Waals surface area contributed by atoms with Crippen molar-refractivity contribution in [3.8, 4) is 0 Å². The molecule has 0 radical (unpaired) electrons. The average Bonchev–Trinajstić information content (AvgIpc) is 2.93. The molecule has 0 spiro atoms. The van der Waals surface area contributed by atoms with Crippen molar-refractivity contribution >= 4 is 52.3 Å². The number of hydrogen-bond donors (Lipinski definition) is 3. The van der Waals surface area contributed by atoms with Crippen molar-refractivity contribution in [1.29, 1.82) is 0 Å². The first-order chi connectivity index (χ1) is 12.6. The maximum atomic E-state index is 12.8. The number of anilines is 2. The fourth-order valence-corrected chi connectivity index (χ4v) is 3.41. The summed E-state index contributed by atoms with van der Waals surface area (Å²) in [5.41, 5.74) is -0.0186. The first kappa shape index (κ1) is 18.9. The Hall–Kier alpha value is -2.85. The lowest BCUT2D eigenvalue weighted by Gasteiger charge is -2.45. The molecule has 1 atom stereocenters. The topological polar surface area (TPSA) is 111 Å². The minimum Gasteiger partial charge on any atom is -0.326 e. The summed E-state index contributed by atoms with van der Waals surface area (Å²) >= 11 is 5.08. The Morgan fingerprint density at radius 1 is 1.15 bits per heavy atom. The normalized spacial score (nSPS) is 21.5. The molecule has 2 heterocycles. The molecule has 0 unspecified atom stereocenters. The molecule has 2 aliphatic rings. The molecule has 1 aromatic rings. The van der Waals surface area contributed by atoms with Gasteiger partial charge in [0.15, 0.2) is 5.11 Å². The van der Waals surface area contributed by atoms with Gasteiger partial charge in [0, 0.05) is 18.3 Å². The quantitative estimate of drug-likeness (QED) is 0.653. The fraction of sp³-hybridized carbons (Fsp3) is 0.353. The third-order valence-corrected chi connectivity index (χ3v) is 4.71. The lowest BCUT2D eigenvalue weighted by Crippen LogP contribution is -2.71. The first-order valence-electron chi connectivity index (χ1n) is 8.27. The number of benzene rings is 1. The van der Waals surface area contributed by atoms with Crippen molar-refractivity contribution in [3.05, 3.63) is 24.3 Å². The summed E-state index contributed by atoms with van der Waals surface area (Å²) in [5.74, 6) is -1.35. The lowest BCUT2D eigenvalue weighted by atomic mass is 10.00. The number of hydrogen-bond acceptors (Lipinski definition) is 6. The van der Waals surface area contributed by atoms with Gasteiger partial charge in [-0.2, -0.15) is 5.01 Å². The van der Waals surface area contributed by atoms with Crippen LogP contribution in [0.2, 0.25) is 0 Å². The van der Waals surface area contributed by atoms with Gasteiger partial charge in [0.05, 0.1) is 6.42 Å². The Bertz CT molecular complexity index is 851. The van der Waals surface area contributed by atoms with Gasteiger partial charge in [-0.3, -0.25) is 24.5 Å². The van der Waals surface area contributed by atoms with E-state index >= 15 is 0 Å². The van der Waals surface area contributed by atoms with Crippen LogP contribution in [0.5, 0.6) is 0 Å². The number of amides is 4. The van der Waals surface area contributed by atoms with Crippen LogP contribution in [0.15, 0.2) is 24.3 Å². The highest BCUT2D eigenvalue weighted by Gasteiger charge is 2.56. The van der Waals surface area contributed by atoms with E-state index in [4.69, 9.17) is 12.2 Å². The molecule has 142 valence electrons. The van der Waals surface area contributed by atoms with E-state index in [2.05, 4.69) is 16.0 Å². The number of rotatable bonds is 3. The Labute approximate surface area is 161 Å². The Balaban J connectivity index is 1.80. The van der Waals surface area contributed by atoms with Gasteiger partial charge < -0.3 is 10.6 Å². The van der Waals surface area contributed by atoms with Gasteiger partial charge in [-0.05, 0) is 50.3 Å². The van der Waals surface area contributed by atoms with Crippen LogP contribution in [0.3, 0.4) is 0 Å². The Morgan fingerprint density at radius 2 is 1.70 bits per heavy atom. The number of carbonyl (C=O) groups excluding carboxylic acids is 4. The number of nitrogens with one attached hydrogen (secondary N) is 3. The van der Waals surface area contributed by atoms with Crippen LogP contribution >= 0.6 is 12.2 Å². The summed E-state index contributed by atoms with van der Waals surface area (Å²) in [6.45, 7) is 4.65. The maximum absolute atomic E-state index is 12.8. The van der Waals surface area contributed by atoms with Crippen LogP contribution in [0.1, 0.15) is 27.2 Å². The smallest absolute Gasteiger partial charge is 0.248 e. The molecule has 9 nitrogen and oxygen atoms in total. The molecule has 0 bridgehead atoms. The van der Waals surface area contributed by atoms with Gasteiger partial charge in [-0.25, -0.2) is 5.01 Å². The zero-order valence-corrected chi connectivity index (χ0v) is 15.8. The van der Waals surface area contributed by atoms with E-state index in [1.54, 1.807) is 38.1 Å². The second-order valence-electron chi connectivity index (χ2n) is 6.84. The zero-order valence-electron chi connectivity index (χ0n) is 15.0. The summed E-state index contributed by atoms with van der Waals surface area (Å²) < 4.78 is 0. The molecule has 1 aromatic carbocycles. The third-order valence-electron chi connectivity index (χ3n) is 4.43. The van der Waals surface area contributed by atoms with Crippen LogP contribution in [0.25, 0.3) is 0 Å². The van der Waals surface area contributed by atoms with Crippen molar-refractivity contribution in [2.45, 2.75) is 38.8 Å². The van der Waals surface area contributed by atoms with E-state index in [1.807, 2.05) is 0 Å². The van der Waals surface area contributed by atoms with Crippen molar-refractivity contribution in [2.24, 2.45) is 0 Å². The van der Waals surface area contributed by atoms with Gasteiger partial charge in [0.25, 0.3) is 0 Å². The standard InChI is InChI=1S/C17H19N5O4S/c1-9(23)18-10-4-6-11(7-5-10)19-14(25)12-8-13(24)21-16(27)20-15(26)17(2,3)22(12)21/h4-7,12H,8H2,1-3H3,(H,18,23)(H,19,25)(H,20,26,27)/t12-/m1/s1. The summed E-state index contributed by atoms with van der Waals surface area (Å²) in [5, 5.41) is 10.4. The van der Waals surface area contributed by atoms with Gasteiger partial charge in [0.2, 0.25) is 23.6 Å². The minimum absolute atomic E-state index is 0.0284. The fourth-order valence-electron chi connectivity index (χ4n) is 3.13. The molecule has 2 saturated heterocycles. The number of nitrogens with zero attached hydrogens (tertiary/aromatic N) is 2. The molecule has 10 heteroatoms. The highest BCUT2D eigenvalue weighted by molar-refractivity contribution is 7.80. The molecule has 2 aliphatic heterocycles. The minimum atomic E-state index is -1.12. The van der Waals surface area contributed by atoms with Crippen LogP contribution in [0.4, 0.5) is 11.4 Å². The van der Waals surface area contributed by atoms with Crippen molar-refractivity contribution < 1.29 is 19.2 Å². The number of thiocarbonyl (C=S) groups is 1. The molecule has 27 heavy (non-hydrogen) atoms. The molecule has 0 saturated carbocycles. The van der Waals surface area contributed by atoms with E-state index in [0.717, 1.165) is 0 Å². The number of hydrazine groups is 1. The second-order valence-corrected chi connectivity index (χ2v) is 7.22. The summed E-state index contributed by atoms with van der Waals surface area (Å²) in [4.78, 5) is 48.5. The molecule has 0 aliphatic carbocycles. The average molecular weight is 389 g/mol. The first-order valence-corrected chi connectivity index (χ1v) is 8.68. The van der Waals surface area contributed by atoms with E-state index in [-0.39, 0.29) is 29.3 Å². The van der Waals surface area contributed by atoms with Gasteiger partial charge in [-0.15, -0.1) is 0 Å². The predicted octanol–water partition coefficient (Wildman–Crippen LogP) is 0.595. The van der Waals surface area contributed by atoms with Crippen molar-refractivity contribution in [3.63, 3.8) is 0 Å². The summed E-state index contributed by atoms with van der Waals surface area (Å²) in [7, 11) is 0. The summed E-state index contributed by atoms with van der Waals surface area (Å²) in [6.07, 6.45) is -0.0889. The monoisotopic (exact) mass is 389 g/mol. The predicted molar refractivity (Wildman–Crippen MR) is 101 cm³/mol. The Kier molecular flexibility index (Phi) is 4.70. The highest BCUT2D eigenvalue weighted by Crippen LogP contribution is 2.33. The van der Waals surface area contributed by atoms with Crippen molar-refractivity contribution in [2.75, 3.05) is 10.6 Å². The molecule has 3 N–H and O–H groups in total. The molecule has 0 aromatic heterocycles. The lowest BCUT2D eigenvalue weighted by molar-refractivity contribution is -0.154. The van der Waals surface area contributed by atoms with Crippen LogP contribution in [0, 0.1) is 0 Å². The van der Waals surface area contributed by atoms with E-state index in [1.165, 1.54) is 16.9 Å². The maximum Gasteiger partial charge on any atom is 0.248 e. The van der Waals surface area contributed by atoms with E-state index in [9.17, 15) is 19.2 Å². The number of fused-ring (bicyclic) bond motifs is 1. The van der Waals surface area contributed by atoms with Crippen LogP contribution in [-0.4, -0.2) is 50.3 Å². The van der Waals surface area contributed by atoms with Crippen LogP contribution < -0.4 is 16.0 Å². The van der Waals surface area contributed by atoms with Crippen molar-refractivity contribution in [1.82, 2.24) is 15.3 Å². The largest absolute Gasteiger partial charge is 0.326 e. The molecular weight excluding hydrogens is 370 g/mol. The zero-order chi connectivity index (χ0) is 19.9. The molecular formula is C17H19N5O4S. The Morgan fingerprint density at radius 3 is 2.26 bits per heavy atom. The summed E-state index contributed by atoms with van der Waals surface area (Å²) in [6, 6.07) is 5.70.